The monoisotopic (exact) mass is 394 g/mol. The molecular weight excluding hydrogens is 360 g/mol. The van der Waals surface area contributed by atoms with Crippen molar-refractivity contribution in [1.29, 1.82) is 0 Å². The lowest BCUT2D eigenvalue weighted by atomic mass is 9.84. The summed E-state index contributed by atoms with van der Waals surface area (Å²) < 4.78 is 0. The highest BCUT2D eigenvalue weighted by atomic mass is 16.4. The number of nitrogens with zero attached hydrogens (tertiary/aromatic N) is 2. The second-order valence-electron chi connectivity index (χ2n) is 8.42. The Balaban J connectivity index is 1.46. The first kappa shape index (κ1) is 21.5. The zero-order chi connectivity index (χ0) is 20.5. The van der Waals surface area contributed by atoms with Gasteiger partial charge in [0.25, 0.3) is 0 Å². The highest BCUT2D eigenvalue weighted by molar-refractivity contribution is 5.88. The summed E-state index contributed by atoms with van der Waals surface area (Å²) in [5.41, 5.74) is 3.63. The molecule has 156 valence electrons. The third-order valence-corrected chi connectivity index (χ3v) is 6.11. The predicted molar refractivity (Wildman–Crippen MR) is 117 cm³/mol. The van der Waals surface area contributed by atoms with Gasteiger partial charge >= 0.3 is 5.97 Å². The largest absolute Gasteiger partial charge is 0.478 e. The van der Waals surface area contributed by atoms with E-state index in [1.165, 1.54) is 75.5 Å². The number of carbonyl (C=O) groups is 1. The van der Waals surface area contributed by atoms with Crippen LogP contribution < -0.4 is 0 Å². The number of aryl methyl sites for hydroxylation is 1. The smallest absolute Gasteiger partial charge is 0.335 e. The summed E-state index contributed by atoms with van der Waals surface area (Å²) >= 11 is 0. The molecule has 0 bridgehead atoms. The third-order valence-electron chi connectivity index (χ3n) is 6.11. The molecule has 0 radical (unpaired) electrons. The predicted octanol–water partition coefficient (Wildman–Crippen LogP) is 6.48. The summed E-state index contributed by atoms with van der Waals surface area (Å²) in [6.45, 7) is 2.27. The second-order valence-corrected chi connectivity index (χ2v) is 8.42. The van der Waals surface area contributed by atoms with E-state index in [-0.39, 0.29) is 5.56 Å². The molecule has 1 heterocycles. The van der Waals surface area contributed by atoms with Crippen molar-refractivity contribution < 1.29 is 9.90 Å². The average molecular weight is 395 g/mol. The number of benzene rings is 1. The maximum atomic E-state index is 11.0. The number of aromatic nitrogens is 2. The molecular formula is C25H34N2O2. The first-order valence-electron chi connectivity index (χ1n) is 11.4. The Morgan fingerprint density at radius 3 is 2.41 bits per heavy atom. The zero-order valence-corrected chi connectivity index (χ0v) is 17.7. The van der Waals surface area contributed by atoms with E-state index in [2.05, 4.69) is 11.9 Å². The van der Waals surface area contributed by atoms with Crippen LogP contribution in [0.4, 0.5) is 0 Å². The van der Waals surface area contributed by atoms with Gasteiger partial charge in [0.2, 0.25) is 0 Å². The lowest BCUT2D eigenvalue weighted by Gasteiger charge is -2.24. The molecule has 1 atom stereocenters. The van der Waals surface area contributed by atoms with Crippen LogP contribution in [0.3, 0.4) is 0 Å². The van der Waals surface area contributed by atoms with Crippen molar-refractivity contribution in [2.45, 2.75) is 84.0 Å². The van der Waals surface area contributed by atoms with Gasteiger partial charge in [0, 0.05) is 17.5 Å². The Morgan fingerprint density at radius 1 is 1.03 bits per heavy atom. The highest BCUT2D eigenvalue weighted by Crippen LogP contribution is 2.29. The van der Waals surface area contributed by atoms with Crippen LogP contribution in [0.2, 0.25) is 0 Å². The topological polar surface area (TPSA) is 63.1 Å². The van der Waals surface area contributed by atoms with Crippen LogP contribution in [0, 0.1) is 5.92 Å². The number of unbranched alkanes of at least 4 members (excludes halogenated alkanes) is 7. The van der Waals surface area contributed by atoms with E-state index >= 15 is 0 Å². The Labute approximate surface area is 174 Å². The summed E-state index contributed by atoms with van der Waals surface area (Å²) in [5.74, 6) is 0.555. The normalized spacial score (nSPS) is 15.8. The van der Waals surface area contributed by atoms with E-state index in [0.29, 0.717) is 5.82 Å². The fourth-order valence-corrected chi connectivity index (χ4v) is 4.30. The molecule has 1 aliphatic carbocycles. The zero-order valence-electron chi connectivity index (χ0n) is 17.7. The average Bonchev–Trinajstić information content (AvgIpc) is 2.75. The van der Waals surface area contributed by atoms with Gasteiger partial charge in [-0.1, -0.05) is 76.8 Å². The lowest BCUT2D eigenvalue weighted by Crippen LogP contribution is -2.16. The summed E-state index contributed by atoms with van der Waals surface area (Å²) in [7, 11) is 0. The fraction of sp³-hybridized carbons (Fsp3) is 0.560. The molecule has 0 saturated carbocycles. The number of hydrogen-bond donors (Lipinski definition) is 1. The van der Waals surface area contributed by atoms with Crippen molar-refractivity contribution in [2.24, 2.45) is 5.92 Å². The highest BCUT2D eigenvalue weighted by Gasteiger charge is 2.20. The van der Waals surface area contributed by atoms with E-state index < -0.39 is 5.97 Å². The van der Waals surface area contributed by atoms with Gasteiger partial charge in [0.15, 0.2) is 5.82 Å². The molecule has 0 saturated heterocycles. The molecule has 1 unspecified atom stereocenters. The summed E-state index contributed by atoms with van der Waals surface area (Å²) in [5, 5.41) is 9.03. The number of aromatic carboxylic acids is 1. The van der Waals surface area contributed by atoms with Crippen molar-refractivity contribution in [3.8, 4) is 11.4 Å². The van der Waals surface area contributed by atoms with Crippen LogP contribution >= 0.6 is 0 Å². The molecule has 4 heteroatoms. The molecule has 2 aromatic rings. The van der Waals surface area contributed by atoms with Crippen LogP contribution in [0.15, 0.2) is 30.5 Å². The van der Waals surface area contributed by atoms with Crippen molar-refractivity contribution >= 4 is 5.97 Å². The summed E-state index contributed by atoms with van der Waals surface area (Å²) in [6.07, 6.45) is 17.7. The molecule has 1 N–H and O–H groups in total. The van der Waals surface area contributed by atoms with Crippen LogP contribution in [-0.2, 0) is 12.8 Å². The lowest BCUT2D eigenvalue weighted by molar-refractivity contribution is 0.0697. The first-order chi connectivity index (χ1) is 14.2. The van der Waals surface area contributed by atoms with E-state index in [4.69, 9.17) is 10.1 Å². The second kappa shape index (κ2) is 11.1. The van der Waals surface area contributed by atoms with E-state index in [1.807, 2.05) is 6.20 Å². The molecule has 1 aromatic heterocycles. The molecule has 0 spiro atoms. The number of carboxylic acid groups (broad SMARTS) is 1. The Hall–Kier alpha value is -2.23. The third kappa shape index (κ3) is 6.38. The van der Waals surface area contributed by atoms with Gasteiger partial charge in [-0.2, -0.15) is 0 Å². The Bertz CT molecular complexity index is 786. The van der Waals surface area contributed by atoms with Crippen molar-refractivity contribution in [3.05, 3.63) is 47.3 Å². The molecule has 1 aromatic carbocycles. The Morgan fingerprint density at radius 2 is 1.72 bits per heavy atom. The minimum atomic E-state index is -0.912. The summed E-state index contributed by atoms with van der Waals surface area (Å²) in [6, 6.07) is 6.80. The van der Waals surface area contributed by atoms with Crippen LogP contribution in [0.1, 0.15) is 92.7 Å². The number of fused-ring (bicyclic) bond motifs is 1. The van der Waals surface area contributed by atoms with Gasteiger partial charge < -0.3 is 5.11 Å². The molecule has 0 fully saturated rings. The van der Waals surface area contributed by atoms with E-state index in [1.54, 1.807) is 24.3 Å². The molecule has 29 heavy (non-hydrogen) atoms. The van der Waals surface area contributed by atoms with Crippen molar-refractivity contribution in [2.75, 3.05) is 0 Å². The van der Waals surface area contributed by atoms with Crippen LogP contribution in [0.5, 0.6) is 0 Å². The van der Waals surface area contributed by atoms with Gasteiger partial charge in [-0.15, -0.1) is 0 Å². The molecule has 0 amide bonds. The number of carboxylic acids is 1. The maximum absolute atomic E-state index is 11.0. The fourth-order valence-electron chi connectivity index (χ4n) is 4.30. The van der Waals surface area contributed by atoms with Gasteiger partial charge in [-0.25, -0.2) is 14.8 Å². The van der Waals surface area contributed by atoms with Gasteiger partial charge in [-0.3, -0.25) is 0 Å². The van der Waals surface area contributed by atoms with Gasteiger partial charge in [0.05, 0.1) is 5.56 Å². The van der Waals surface area contributed by atoms with E-state index in [0.717, 1.165) is 24.3 Å². The quantitative estimate of drug-likeness (QED) is 0.443. The number of rotatable bonds is 11. The van der Waals surface area contributed by atoms with Gasteiger partial charge in [-0.05, 0) is 42.9 Å². The van der Waals surface area contributed by atoms with Crippen molar-refractivity contribution in [3.63, 3.8) is 0 Å². The molecule has 4 nitrogen and oxygen atoms in total. The minimum Gasteiger partial charge on any atom is -0.478 e. The molecule has 1 aliphatic rings. The van der Waals surface area contributed by atoms with Gasteiger partial charge in [0.1, 0.15) is 0 Å². The first-order valence-corrected chi connectivity index (χ1v) is 11.4. The molecule has 3 rings (SSSR count). The molecule has 0 aliphatic heterocycles. The van der Waals surface area contributed by atoms with E-state index in [9.17, 15) is 4.79 Å². The summed E-state index contributed by atoms with van der Waals surface area (Å²) in [4.78, 5) is 20.3. The SMILES string of the molecule is CCCCCCCCCCC1CCc2nc(-c3ccc(C(=O)O)cc3)ncc2C1. The standard InChI is InChI=1S/C25H34N2O2/c1-2-3-4-5-6-7-8-9-10-19-11-16-23-22(17-19)18-26-24(27-23)20-12-14-21(15-13-20)25(28)29/h12-15,18-19H,2-11,16-17H2,1H3,(H,28,29). The Kier molecular flexibility index (Phi) is 8.21. The minimum absolute atomic E-state index is 0.288. The maximum Gasteiger partial charge on any atom is 0.335 e. The van der Waals surface area contributed by atoms with Crippen LogP contribution in [-0.4, -0.2) is 21.0 Å². The van der Waals surface area contributed by atoms with Crippen molar-refractivity contribution in [1.82, 2.24) is 9.97 Å². The number of hydrogen-bond acceptors (Lipinski definition) is 3. The van der Waals surface area contributed by atoms with Crippen LogP contribution in [0.25, 0.3) is 11.4 Å².